The van der Waals surface area contributed by atoms with Crippen molar-refractivity contribution in [2.75, 3.05) is 5.73 Å². The Kier molecular flexibility index (Phi) is 3.63. The molecule has 0 amide bonds. The molecule has 0 fully saturated rings. The van der Waals surface area contributed by atoms with E-state index in [4.69, 9.17) is 10.8 Å². The number of aromatic nitrogens is 4. The van der Waals surface area contributed by atoms with Gasteiger partial charge in [-0.05, 0) is 18.2 Å². The topological polar surface area (TPSA) is 164 Å². The van der Waals surface area contributed by atoms with Gasteiger partial charge in [0.15, 0.2) is 5.82 Å². The van der Waals surface area contributed by atoms with Gasteiger partial charge < -0.3 is 10.8 Å². The summed E-state index contributed by atoms with van der Waals surface area (Å²) in [5.41, 5.74) is 5.19. The van der Waals surface area contributed by atoms with Crippen molar-refractivity contribution in [3.05, 3.63) is 29.6 Å². The van der Waals surface area contributed by atoms with Crippen LogP contribution >= 0.6 is 0 Å². The van der Waals surface area contributed by atoms with E-state index in [9.17, 15) is 13.2 Å². The number of nitrogen functional groups attached to an aromatic ring is 1. The van der Waals surface area contributed by atoms with Crippen molar-refractivity contribution in [1.29, 1.82) is 0 Å². The van der Waals surface area contributed by atoms with Crippen molar-refractivity contribution in [3.8, 4) is 0 Å². The van der Waals surface area contributed by atoms with Gasteiger partial charge in [-0.25, -0.2) is 17.9 Å². The van der Waals surface area contributed by atoms with E-state index in [1.807, 2.05) is 0 Å². The molecule has 0 saturated carbocycles. The summed E-state index contributed by atoms with van der Waals surface area (Å²) in [5.74, 6) is -1.27. The van der Waals surface area contributed by atoms with Crippen LogP contribution in [-0.2, 0) is 16.6 Å². The summed E-state index contributed by atoms with van der Waals surface area (Å²) in [5, 5.41) is 21.6. The number of nitrogens with two attached hydrogens (primary N) is 1. The summed E-state index contributed by atoms with van der Waals surface area (Å²) in [6.07, 6.45) is 0. The zero-order chi connectivity index (χ0) is 14.8. The molecule has 2 aromatic rings. The molecular weight excluding hydrogens is 288 g/mol. The van der Waals surface area contributed by atoms with E-state index in [0.717, 1.165) is 12.1 Å². The number of carboxylic acid groups (broad SMARTS) is 1. The minimum Gasteiger partial charge on any atom is -0.478 e. The Hall–Kier alpha value is -2.53. The number of carbonyl (C=O) groups is 1. The van der Waals surface area contributed by atoms with Gasteiger partial charge in [-0.3, -0.25) is 0 Å². The lowest BCUT2D eigenvalue weighted by Gasteiger charge is -2.08. The number of H-pyrrole nitrogens is 1. The van der Waals surface area contributed by atoms with Gasteiger partial charge in [0.2, 0.25) is 10.0 Å². The molecule has 0 bridgehead atoms. The van der Waals surface area contributed by atoms with Crippen molar-refractivity contribution in [1.82, 2.24) is 25.3 Å². The first-order valence-corrected chi connectivity index (χ1v) is 6.73. The average molecular weight is 298 g/mol. The van der Waals surface area contributed by atoms with Crippen molar-refractivity contribution in [3.63, 3.8) is 0 Å². The Bertz CT molecular complexity index is 727. The molecule has 0 atom stereocenters. The van der Waals surface area contributed by atoms with Crippen molar-refractivity contribution >= 4 is 21.7 Å². The first kappa shape index (κ1) is 13.9. The second-order valence-electron chi connectivity index (χ2n) is 3.71. The maximum absolute atomic E-state index is 12.1. The summed E-state index contributed by atoms with van der Waals surface area (Å²) in [7, 11) is -4.04. The Labute approximate surface area is 113 Å². The van der Waals surface area contributed by atoms with Crippen LogP contribution in [-0.4, -0.2) is 40.1 Å². The molecule has 1 aromatic carbocycles. The molecule has 0 spiro atoms. The lowest BCUT2D eigenvalue weighted by Crippen LogP contribution is -2.25. The number of anilines is 1. The van der Waals surface area contributed by atoms with E-state index in [-0.39, 0.29) is 23.0 Å². The number of hydrogen-bond donors (Lipinski definition) is 4. The Morgan fingerprint density at radius 3 is 2.80 bits per heavy atom. The smallest absolute Gasteiger partial charge is 0.337 e. The quantitative estimate of drug-likeness (QED) is 0.508. The highest BCUT2D eigenvalue weighted by Crippen LogP contribution is 2.19. The van der Waals surface area contributed by atoms with Crippen LogP contribution in [0.15, 0.2) is 23.1 Å². The number of benzene rings is 1. The minimum absolute atomic E-state index is 0.126. The van der Waals surface area contributed by atoms with Gasteiger partial charge in [-0.15, -0.1) is 10.2 Å². The van der Waals surface area contributed by atoms with Crippen molar-refractivity contribution in [2.45, 2.75) is 11.4 Å². The number of aromatic carboxylic acids is 1. The maximum Gasteiger partial charge on any atom is 0.337 e. The summed E-state index contributed by atoms with van der Waals surface area (Å²) in [6.45, 7) is -0.220. The van der Waals surface area contributed by atoms with Gasteiger partial charge in [0.1, 0.15) is 0 Å². The van der Waals surface area contributed by atoms with Gasteiger partial charge >= 0.3 is 5.97 Å². The third-order valence-electron chi connectivity index (χ3n) is 2.33. The molecule has 0 aliphatic carbocycles. The third kappa shape index (κ3) is 2.89. The highest BCUT2D eigenvalue weighted by Gasteiger charge is 2.22. The van der Waals surface area contributed by atoms with E-state index in [1.165, 1.54) is 6.07 Å². The molecule has 5 N–H and O–H groups in total. The summed E-state index contributed by atoms with van der Waals surface area (Å²) >= 11 is 0. The van der Waals surface area contributed by atoms with Crippen LogP contribution in [0.3, 0.4) is 0 Å². The molecular formula is C9H10N6O4S. The van der Waals surface area contributed by atoms with E-state index < -0.39 is 21.6 Å². The Morgan fingerprint density at radius 1 is 1.45 bits per heavy atom. The number of nitrogens with one attached hydrogen (secondary N) is 2. The highest BCUT2D eigenvalue weighted by atomic mass is 32.2. The molecule has 0 aliphatic heterocycles. The van der Waals surface area contributed by atoms with Gasteiger partial charge in [0.25, 0.3) is 0 Å². The van der Waals surface area contributed by atoms with Crippen molar-refractivity contribution in [2.24, 2.45) is 0 Å². The molecule has 0 aliphatic rings. The summed E-state index contributed by atoms with van der Waals surface area (Å²) in [4.78, 5) is 10.7. The first-order chi connectivity index (χ1) is 9.40. The predicted octanol–water partition coefficient (Wildman–Crippen LogP) is -1.04. The van der Waals surface area contributed by atoms with Crippen LogP contribution in [0.5, 0.6) is 0 Å². The lowest BCUT2D eigenvalue weighted by atomic mass is 10.2. The van der Waals surface area contributed by atoms with Crippen molar-refractivity contribution < 1.29 is 18.3 Å². The fourth-order valence-electron chi connectivity index (χ4n) is 1.44. The summed E-state index contributed by atoms with van der Waals surface area (Å²) < 4.78 is 26.3. The Balaban J connectivity index is 2.31. The van der Waals surface area contributed by atoms with Gasteiger partial charge in [0, 0.05) is 5.69 Å². The first-order valence-electron chi connectivity index (χ1n) is 5.25. The second-order valence-corrected chi connectivity index (χ2v) is 5.45. The largest absolute Gasteiger partial charge is 0.478 e. The number of nitrogens with zero attached hydrogens (tertiary/aromatic N) is 3. The monoisotopic (exact) mass is 298 g/mol. The van der Waals surface area contributed by atoms with E-state index in [1.54, 1.807) is 0 Å². The normalized spacial score (nSPS) is 11.4. The maximum atomic E-state index is 12.1. The SMILES string of the molecule is Nc1ccc(S(=O)(=O)NCc2nn[nH]n2)c(C(=O)O)c1. The number of tetrazole rings is 1. The molecule has 1 aromatic heterocycles. The molecule has 106 valence electrons. The van der Waals surface area contributed by atoms with Gasteiger partial charge in [0.05, 0.1) is 17.0 Å². The molecule has 0 unspecified atom stereocenters. The number of rotatable bonds is 5. The third-order valence-corrected chi connectivity index (χ3v) is 3.79. The molecule has 0 radical (unpaired) electrons. The molecule has 10 nitrogen and oxygen atoms in total. The highest BCUT2D eigenvalue weighted by molar-refractivity contribution is 7.89. The fraction of sp³-hybridized carbons (Fsp3) is 0.111. The van der Waals surface area contributed by atoms with E-state index in [2.05, 4.69) is 25.3 Å². The average Bonchev–Trinajstić information content (AvgIpc) is 2.89. The minimum atomic E-state index is -4.04. The van der Waals surface area contributed by atoms with E-state index >= 15 is 0 Å². The fourth-order valence-corrected chi connectivity index (χ4v) is 2.60. The van der Waals surface area contributed by atoms with Crippen LogP contribution in [0.1, 0.15) is 16.2 Å². The van der Waals surface area contributed by atoms with Gasteiger partial charge in [-0.2, -0.15) is 5.21 Å². The van der Waals surface area contributed by atoms with Crippen LogP contribution in [0.25, 0.3) is 0 Å². The molecule has 11 heteroatoms. The zero-order valence-corrected chi connectivity index (χ0v) is 10.8. The van der Waals surface area contributed by atoms with Gasteiger partial charge in [-0.1, -0.05) is 5.21 Å². The standard InChI is InChI=1S/C9H10N6O4S/c10-5-1-2-7(6(3-5)9(16)17)20(18,19)11-4-8-12-14-15-13-8/h1-3,11H,4,10H2,(H,16,17)(H,12,13,14,15). The number of hydrogen-bond acceptors (Lipinski definition) is 7. The summed E-state index contributed by atoms with van der Waals surface area (Å²) in [6, 6.07) is 3.50. The van der Waals surface area contributed by atoms with Crippen LogP contribution in [0.2, 0.25) is 0 Å². The second kappa shape index (κ2) is 5.22. The predicted molar refractivity (Wildman–Crippen MR) is 66.0 cm³/mol. The van der Waals surface area contributed by atoms with Crippen LogP contribution in [0.4, 0.5) is 5.69 Å². The van der Waals surface area contributed by atoms with Crippen LogP contribution in [0, 0.1) is 0 Å². The number of aromatic amines is 1. The number of sulfonamides is 1. The lowest BCUT2D eigenvalue weighted by molar-refractivity contribution is 0.0692. The van der Waals surface area contributed by atoms with Crippen LogP contribution < -0.4 is 10.5 Å². The molecule has 1 heterocycles. The number of carboxylic acids is 1. The molecule has 0 saturated heterocycles. The molecule has 2 rings (SSSR count). The Morgan fingerprint density at radius 2 is 2.20 bits per heavy atom. The zero-order valence-electron chi connectivity index (χ0n) is 9.94. The van der Waals surface area contributed by atoms with E-state index in [0.29, 0.717) is 0 Å². The molecule has 20 heavy (non-hydrogen) atoms.